The molecule has 0 unspecified atom stereocenters. The van der Waals surface area contributed by atoms with Crippen molar-refractivity contribution in [1.29, 1.82) is 0 Å². The molecule has 0 bridgehead atoms. The Morgan fingerprint density at radius 3 is 2.84 bits per heavy atom. The van der Waals surface area contributed by atoms with Crippen LogP contribution in [0.4, 0.5) is 0 Å². The summed E-state index contributed by atoms with van der Waals surface area (Å²) in [6, 6.07) is 3.84. The summed E-state index contributed by atoms with van der Waals surface area (Å²) in [5.74, 6) is 0.827. The Hall–Kier alpha value is -1.16. The van der Waals surface area contributed by atoms with Gasteiger partial charge < -0.3 is 4.74 Å². The van der Waals surface area contributed by atoms with Gasteiger partial charge in [-0.2, -0.15) is 0 Å². The van der Waals surface area contributed by atoms with Crippen LogP contribution in [-0.4, -0.2) is 16.6 Å². The molecule has 0 aliphatic heterocycles. The Bertz CT molecular complexity index is 531. The molecule has 102 valence electrons. The quantitative estimate of drug-likeness (QED) is 0.690. The van der Waals surface area contributed by atoms with Gasteiger partial charge in [0.15, 0.2) is 0 Å². The van der Waals surface area contributed by atoms with E-state index in [1.165, 1.54) is 25.7 Å². The van der Waals surface area contributed by atoms with Gasteiger partial charge in [-0.1, -0.05) is 32.6 Å². The van der Waals surface area contributed by atoms with E-state index in [2.05, 4.69) is 32.8 Å². The average Bonchev–Trinajstić information content (AvgIpc) is 2.42. The van der Waals surface area contributed by atoms with Crippen molar-refractivity contribution in [2.24, 2.45) is 0 Å². The maximum absolute atomic E-state index is 5.82. The van der Waals surface area contributed by atoms with Crippen molar-refractivity contribution in [3.05, 3.63) is 29.0 Å². The fourth-order valence-corrected chi connectivity index (χ4v) is 2.30. The maximum Gasteiger partial charge on any atom is 0.148 e. The predicted octanol–water partition coefficient (Wildman–Crippen LogP) is 4.74. The Labute approximate surface area is 122 Å². The van der Waals surface area contributed by atoms with E-state index in [0.29, 0.717) is 0 Å². The van der Waals surface area contributed by atoms with E-state index in [0.717, 1.165) is 34.3 Å². The van der Waals surface area contributed by atoms with Crippen molar-refractivity contribution in [2.75, 3.05) is 6.61 Å². The van der Waals surface area contributed by atoms with E-state index in [4.69, 9.17) is 4.74 Å². The molecule has 0 aliphatic rings. The number of aromatic nitrogens is 2. The van der Waals surface area contributed by atoms with E-state index in [-0.39, 0.29) is 0 Å². The maximum atomic E-state index is 5.82. The highest BCUT2D eigenvalue weighted by atomic mass is 79.9. The molecule has 0 atom stereocenters. The Balaban J connectivity index is 1.93. The number of unbranched alkanes of at least 4 members (excludes halogenated alkanes) is 4. The fraction of sp³-hybridized carbons (Fsp3) is 0.467. The summed E-state index contributed by atoms with van der Waals surface area (Å²) in [4.78, 5) is 8.67. The molecule has 2 aromatic rings. The molecule has 0 N–H and O–H groups in total. The van der Waals surface area contributed by atoms with E-state index in [9.17, 15) is 0 Å². The minimum absolute atomic E-state index is 0.751. The lowest BCUT2D eigenvalue weighted by Crippen LogP contribution is -1.99. The standard InChI is InChI=1S/C15H19BrN2O/c1-2-3-4-5-6-9-19-14-7-8-17-13-10-12(16)11-18-15(13)14/h7-8,10-11H,2-6,9H2,1H3. The van der Waals surface area contributed by atoms with Crippen LogP contribution in [-0.2, 0) is 0 Å². The van der Waals surface area contributed by atoms with E-state index >= 15 is 0 Å². The molecule has 0 saturated carbocycles. The first-order chi connectivity index (χ1) is 9.31. The van der Waals surface area contributed by atoms with Crippen molar-refractivity contribution >= 4 is 27.0 Å². The smallest absolute Gasteiger partial charge is 0.148 e. The molecular formula is C15H19BrN2O. The molecule has 4 heteroatoms. The molecule has 2 rings (SSSR count). The number of rotatable bonds is 7. The molecular weight excluding hydrogens is 304 g/mol. The Kier molecular flexibility index (Phi) is 5.58. The monoisotopic (exact) mass is 322 g/mol. The van der Waals surface area contributed by atoms with Crippen molar-refractivity contribution in [3.63, 3.8) is 0 Å². The summed E-state index contributed by atoms with van der Waals surface area (Å²) < 4.78 is 6.76. The summed E-state index contributed by atoms with van der Waals surface area (Å²) in [5.41, 5.74) is 1.69. The number of hydrogen-bond acceptors (Lipinski definition) is 3. The lowest BCUT2D eigenvalue weighted by atomic mass is 10.2. The van der Waals surface area contributed by atoms with Crippen LogP contribution in [0.5, 0.6) is 5.75 Å². The van der Waals surface area contributed by atoms with Gasteiger partial charge in [0.05, 0.1) is 12.1 Å². The number of ether oxygens (including phenoxy) is 1. The predicted molar refractivity (Wildman–Crippen MR) is 81.5 cm³/mol. The molecule has 0 fully saturated rings. The van der Waals surface area contributed by atoms with Crippen LogP contribution >= 0.6 is 15.9 Å². The van der Waals surface area contributed by atoms with E-state index in [1.807, 2.05) is 12.1 Å². The zero-order chi connectivity index (χ0) is 13.5. The largest absolute Gasteiger partial charge is 0.491 e. The number of nitrogens with zero attached hydrogens (tertiary/aromatic N) is 2. The average molecular weight is 323 g/mol. The van der Waals surface area contributed by atoms with Gasteiger partial charge in [-0.05, 0) is 28.4 Å². The van der Waals surface area contributed by atoms with E-state index < -0.39 is 0 Å². The summed E-state index contributed by atoms with van der Waals surface area (Å²) in [7, 11) is 0. The molecule has 0 radical (unpaired) electrons. The molecule has 0 amide bonds. The zero-order valence-electron chi connectivity index (χ0n) is 11.2. The second-order valence-corrected chi connectivity index (χ2v) is 5.51. The van der Waals surface area contributed by atoms with Crippen molar-refractivity contribution in [2.45, 2.75) is 39.0 Å². The molecule has 2 aromatic heterocycles. The van der Waals surface area contributed by atoms with Gasteiger partial charge in [0.2, 0.25) is 0 Å². The lowest BCUT2D eigenvalue weighted by molar-refractivity contribution is 0.307. The van der Waals surface area contributed by atoms with Crippen LogP contribution in [0.3, 0.4) is 0 Å². The number of hydrogen-bond donors (Lipinski definition) is 0. The highest BCUT2D eigenvalue weighted by Crippen LogP contribution is 2.24. The van der Waals surface area contributed by atoms with Crippen molar-refractivity contribution < 1.29 is 4.74 Å². The second-order valence-electron chi connectivity index (χ2n) is 4.59. The SMILES string of the molecule is CCCCCCCOc1ccnc2cc(Br)cnc12. The van der Waals surface area contributed by atoms with Gasteiger partial charge in [0, 0.05) is 22.9 Å². The fourth-order valence-electron chi connectivity index (χ4n) is 1.99. The van der Waals surface area contributed by atoms with Gasteiger partial charge >= 0.3 is 0 Å². The molecule has 19 heavy (non-hydrogen) atoms. The summed E-state index contributed by atoms with van der Waals surface area (Å²) in [6.07, 6.45) is 9.75. The second kappa shape index (κ2) is 7.43. The summed E-state index contributed by atoms with van der Waals surface area (Å²) in [5, 5.41) is 0. The van der Waals surface area contributed by atoms with Crippen LogP contribution in [0.25, 0.3) is 11.0 Å². The summed E-state index contributed by atoms with van der Waals surface area (Å²) >= 11 is 3.40. The van der Waals surface area contributed by atoms with Crippen LogP contribution in [0.1, 0.15) is 39.0 Å². The lowest BCUT2D eigenvalue weighted by Gasteiger charge is -2.08. The highest BCUT2D eigenvalue weighted by molar-refractivity contribution is 9.10. The van der Waals surface area contributed by atoms with E-state index in [1.54, 1.807) is 12.4 Å². The van der Waals surface area contributed by atoms with Gasteiger partial charge in [-0.15, -0.1) is 0 Å². The van der Waals surface area contributed by atoms with Crippen molar-refractivity contribution in [1.82, 2.24) is 9.97 Å². The number of pyridine rings is 2. The Morgan fingerprint density at radius 2 is 2.00 bits per heavy atom. The highest BCUT2D eigenvalue weighted by Gasteiger charge is 2.04. The van der Waals surface area contributed by atoms with Gasteiger partial charge in [-0.25, -0.2) is 4.98 Å². The zero-order valence-corrected chi connectivity index (χ0v) is 12.8. The molecule has 0 aliphatic carbocycles. The third kappa shape index (κ3) is 4.16. The molecule has 0 saturated heterocycles. The van der Waals surface area contributed by atoms with Crippen LogP contribution in [0, 0.1) is 0 Å². The number of fused-ring (bicyclic) bond motifs is 1. The normalized spacial score (nSPS) is 10.8. The van der Waals surface area contributed by atoms with Crippen LogP contribution in [0.15, 0.2) is 29.0 Å². The Morgan fingerprint density at radius 1 is 1.16 bits per heavy atom. The van der Waals surface area contributed by atoms with Crippen LogP contribution in [0.2, 0.25) is 0 Å². The van der Waals surface area contributed by atoms with Gasteiger partial charge in [0.1, 0.15) is 11.3 Å². The first-order valence-electron chi connectivity index (χ1n) is 6.84. The first-order valence-corrected chi connectivity index (χ1v) is 7.63. The van der Waals surface area contributed by atoms with Gasteiger partial charge in [-0.3, -0.25) is 4.98 Å². The first kappa shape index (κ1) is 14.3. The van der Waals surface area contributed by atoms with Crippen LogP contribution < -0.4 is 4.74 Å². The number of halogens is 1. The molecule has 0 spiro atoms. The third-order valence-electron chi connectivity index (χ3n) is 3.01. The van der Waals surface area contributed by atoms with Gasteiger partial charge in [0.25, 0.3) is 0 Å². The third-order valence-corrected chi connectivity index (χ3v) is 3.45. The molecule has 3 nitrogen and oxygen atoms in total. The summed E-state index contributed by atoms with van der Waals surface area (Å²) in [6.45, 7) is 2.98. The minimum Gasteiger partial charge on any atom is -0.491 e. The molecule has 0 aromatic carbocycles. The minimum atomic E-state index is 0.751. The molecule has 2 heterocycles. The van der Waals surface area contributed by atoms with Crippen molar-refractivity contribution in [3.8, 4) is 5.75 Å². The topological polar surface area (TPSA) is 35.0 Å².